The van der Waals surface area contributed by atoms with Gasteiger partial charge in [0.2, 0.25) is 0 Å². The van der Waals surface area contributed by atoms with Crippen molar-refractivity contribution in [3.63, 3.8) is 0 Å². The molecule has 3 atom stereocenters. The number of hydrogen-bond donors (Lipinski definition) is 2. The molecule has 1 fully saturated rings. The van der Waals surface area contributed by atoms with E-state index in [9.17, 15) is 5.11 Å². The maximum absolute atomic E-state index is 10.1. The Morgan fingerprint density at radius 2 is 1.86 bits per heavy atom. The van der Waals surface area contributed by atoms with Crippen molar-refractivity contribution >= 4 is 0 Å². The van der Waals surface area contributed by atoms with Crippen LogP contribution in [0.5, 0.6) is 5.75 Å². The Hall–Kier alpha value is -1.02. The SMILES string of the molecule is CCC(NC1CCCCC1C(C)(C)C)c1ccccc1O. The van der Waals surface area contributed by atoms with Crippen LogP contribution in [0.25, 0.3) is 0 Å². The quantitative estimate of drug-likeness (QED) is 0.814. The summed E-state index contributed by atoms with van der Waals surface area (Å²) >= 11 is 0. The van der Waals surface area contributed by atoms with Gasteiger partial charge in [-0.3, -0.25) is 0 Å². The molecule has 2 N–H and O–H groups in total. The van der Waals surface area contributed by atoms with Crippen molar-refractivity contribution in [3.05, 3.63) is 29.8 Å². The molecule has 0 amide bonds. The molecule has 1 aromatic rings. The first kappa shape index (κ1) is 16.4. The van der Waals surface area contributed by atoms with Crippen molar-refractivity contribution in [2.24, 2.45) is 11.3 Å². The number of hydrogen-bond acceptors (Lipinski definition) is 2. The molecule has 0 spiro atoms. The highest BCUT2D eigenvalue weighted by atomic mass is 16.3. The van der Waals surface area contributed by atoms with Crippen LogP contribution in [0.4, 0.5) is 0 Å². The van der Waals surface area contributed by atoms with E-state index in [0.29, 0.717) is 23.1 Å². The molecular formula is C19H31NO. The number of para-hydroxylation sites is 1. The Kier molecular flexibility index (Phi) is 5.32. The molecule has 0 radical (unpaired) electrons. The van der Waals surface area contributed by atoms with Gasteiger partial charge in [-0.1, -0.05) is 58.7 Å². The summed E-state index contributed by atoms with van der Waals surface area (Å²) < 4.78 is 0. The highest BCUT2D eigenvalue weighted by molar-refractivity contribution is 5.34. The number of nitrogens with one attached hydrogen (secondary N) is 1. The van der Waals surface area contributed by atoms with Crippen LogP contribution < -0.4 is 5.32 Å². The van der Waals surface area contributed by atoms with Gasteiger partial charge in [-0.15, -0.1) is 0 Å². The first-order chi connectivity index (χ1) is 9.93. The van der Waals surface area contributed by atoms with Crippen molar-refractivity contribution in [3.8, 4) is 5.75 Å². The average molecular weight is 289 g/mol. The predicted molar refractivity (Wildman–Crippen MR) is 89.5 cm³/mol. The van der Waals surface area contributed by atoms with E-state index in [1.54, 1.807) is 6.07 Å². The number of rotatable bonds is 4. The number of phenols is 1. The van der Waals surface area contributed by atoms with Gasteiger partial charge in [-0.05, 0) is 36.7 Å². The summed E-state index contributed by atoms with van der Waals surface area (Å²) in [6, 6.07) is 8.56. The lowest BCUT2D eigenvalue weighted by Crippen LogP contribution is -2.45. The van der Waals surface area contributed by atoms with Gasteiger partial charge in [0.15, 0.2) is 0 Å². The Labute approximate surface area is 130 Å². The zero-order valence-corrected chi connectivity index (χ0v) is 14.0. The molecule has 2 rings (SSSR count). The van der Waals surface area contributed by atoms with Gasteiger partial charge in [0.1, 0.15) is 5.75 Å². The van der Waals surface area contributed by atoms with Crippen LogP contribution >= 0.6 is 0 Å². The van der Waals surface area contributed by atoms with Gasteiger partial charge in [0.05, 0.1) is 0 Å². The van der Waals surface area contributed by atoms with Crippen LogP contribution in [0.1, 0.15) is 71.4 Å². The third kappa shape index (κ3) is 4.00. The predicted octanol–water partition coefficient (Wildman–Crippen LogP) is 5.04. The fourth-order valence-corrected chi connectivity index (χ4v) is 3.84. The van der Waals surface area contributed by atoms with Gasteiger partial charge in [0.25, 0.3) is 0 Å². The highest BCUT2D eigenvalue weighted by Gasteiger charge is 2.35. The van der Waals surface area contributed by atoms with Gasteiger partial charge in [0, 0.05) is 17.6 Å². The van der Waals surface area contributed by atoms with Crippen molar-refractivity contribution in [1.29, 1.82) is 0 Å². The molecule has 118 valence electrons. The second-order valence-corrected chi connectivity index (χ2v) is 7.55. The standard InChI is InChI=1S/C19H31NO/c1-5-16(14-10-6-9-13-18(14)21)20-17-12-8-7-11-15(17)19(2,3)4/h6,9-10,13,15-17,20-21H,5,7-8,11-12H2,1-4H3. The van der Waals surface area contributed by atoms with Crippen LogP contribution in [0.3, 0.4) is 0 Å². The smallest absolute Gasteiger partial charge is 0.120 e. The van der Waals surface area contributed by atoms with E-state index in [4.69, 9.17) is 0 Å². The minimum Gasteiger partial charge on any atom is -0.508 e. The van der Waals surface area contributed by atoms with Crippen molar-refractivity contribution < 1.29 is 5.11 Å². The molecule has 21 heavy (non-hydrogen) atoms. The number of phenolic OH excluding ortho intramolecular Hbond substituents is 1. The highest BCUT2D eigenvalue weighted by Crippen LogP contribution is 2.39. The van der Waals surface area contributed by atoms with Gasteiger partial charge in [-0.2, -0.15) is 0 Å². The largest absolute Gasteiger partial charge is 0.508 e. The van der Waals surface area contributed by atoms with E-state index in [1.165, 1.54) is 25.7 Å². The fourth-order valence-electron chi connectivity index (χ4n) is 3.84. The molecular weight excluding hydrogens is 258 g/mol. The lowest BCUT2D eigenvalue weighted by atomic mass is 9.69. The Morgan fingerprint density at radius 1 is 1.19 bits per heavy atom. The third-order valence-electron chi connectivity index (χ3n) is 5.01. The fraction of sp³-hybridized carbons (Fsp3) is 0.684. The lowest BCUT2D eigenvalue weighted by Gasteiger charge is -2.42. The Bertz CT molecular complexity index is 449. The van der Waals surface area contributed by atoms with E-state index in [0.717, 1.165) is 12.0 Å². The summed E-state index contributed by atoms with van der Waals surface area (Å²) in [5.41, 5.74) is 1.38. The van der Waals surface area contributed by atoms with Gasteiger partial charge in [-0.25, -0.2) is 0 Å². The minimum absolute atomic E-state index is 0.249. The second kappa shape index (κ2) is 6.83. The summed E-state index contributed by atoms with van der Waals surface area (Å²) in [7, 11) is 0. The molecule has 0 heterocycles. The molecule has 2 heteroatoms. The lowest BCUT2D eigenvalue weighted by molar-refractivity contribution is 0.122. The van der Waals surface area contributed by atoms with Crippen LogP contribution in [-0.4, -0.2) is 11.1 Å². The third-order valence-corrected chi connectivity index (χ3v) is 5.01. The summed E-state index contributed by atoms with van der Waals surface area (Å²) in [5.74, 6) is 1.13. The maximum atomic E-state index is 10.1. The average Bonchev–Trinajstić information content (AvgIpc) is 2.45. The maximum Gasteiger partial charge on any atom is 0.120 e. The molecule has 0 aliphatic heterocycles. The van der Waals surface area contributed by atoms with Crippen molar-refractivity contribution in [1.82, 2.24) is 5.32 Å². The molecule has 0 aromatic heterocycles. The molecule has 1 saturated carbocycles. The van der Waals surface area contributed by atoms with Crippen LogP contribution in [0, 0.1) is 11.3 Å². The first-order valence-electron chi connectivity index (χ1n) is 8.47. The van der Waals surface area contributed by atoms with Gasteiger partial charge >= 0.3 is 0 Å². The molecule has 2 nitrogen and oxygen atoms in total. The number of aromatic hydroxyl groups is 1. The van der Waals surface area contributed by atoms with E-state index in [1.807, 2.05) is 18.2 Å². The summed E-state index contributed by atoms with van der Waals surface area (Å²) in [6.07, 6.45) is 6.25. The molecule has 1 aliphatic rings. The van der Waals surface area contributed by atoms with E-state index in [-0.39, 0.29) is 6.04 Å². The topological polar surface area (TPSA) is 32.3 Å². The monoisotopic (exact) mass is 289 g/mol. The molecule has 1 aliphatic carbocycles. The second-order valence-electron chi connectivity index (χ2n) is 7.55. The van der Waals surface area contributed by atoms with E-state index < -0.39 is 0 Å². The van der Waals surface area contributed by atoms with E-state index in [2.05, 4.69) is 33.0 Å². The zero-order valence-electron chi connectivity index (χ0n) is 14.0. The first-order valence-corrected chi connectivity index (χ1v) is 8.47. The van der Waals surface area contributed by atoms with Crippen LogP contribution in [0.15, 0.2) is 24.3 Å². The summed E-state index contributed by atoms with van der Waals surface area (Å²) in [5, 5.41) is 14.0. The Morgan fingerprint density at radius 3 is 2.48 bits per heavy atom. The number of benzene rings is 1. The molecule has 3 unspecified atom stereocenters. The van der Waals surface area contributed by atoms with E-state index >= 15 is 0 Å². The summed E-state index contributed by atoms with van der Waals surface area (Å²) in [4.78, 5) is 0. The van der Waals surface area contributed by atoms with Crippen LogP contribution in [0.2, 0.25) is 0 Å². The zero-order chi connectivity index (χ0) is 15.5. The van der Waals surface area contributed by atoms with Crippen LogP contribution in [-0.2, 0) is 0 Å². The van der Waals surface area contributed by atoms with Gasteiger partial charge < -0.3 is 10.4 Å². The van der Waals surface area contributed by atoms with Crippen molar-refractivity contribution in [2.75, 3.05) is 0 Å². The minimum atomic E-state index is 0.249. The van der Waals surface area contributed by atoms with Crippen molar-refractivity contribution in [2.45, 2.75) is 71.9 Å². The molecule has 0 saturated heterocycles. The summed E-state index contributed by atoms with van der Waals surface area (Å²) in [6.45, 7) is 9.27. The molecule has 0 bridgehead atoms. The Balaban J connectivity index is 2.15. The molecule has 1 aromatic carbocycles. The normalized spacial score (nSPS) is 24.8.